The predicted molar refractivity (Wildman–Crippen MR) is 120 cm³/mol. The zero-order valence-corrected chi connectivity index (χ0v) is 19.3. The van der Waals surface area contributed by atoms with Crippen molar-refractivity contribution in [1.29, 1.82) is 0 Å². The molecule has 1 saturated carbocycles. The monoisotopic (exact) mass is 485 g/mol. The smallest absolute Gasteiger partial charge is 0.255 e. The van der Waals surface area contributed by atoms with Gasteiger partial charge >= 0.3 is 0 Å². The van der Waals surface area contributed by atoms with Gasteiger partial charge in [-0.2, -0.15) is 4.98 Å². The third-order valence-electron chi connectivity index (χ3n) is 6.46. The van der Waals surface area contributed by atoms with Gasteiger partial charge in [-0.1, -0.05) is 0 Å². The van der Waals surface area contributed by atoms with Crippen LogP contribution in [0.2, 0.25) is 0 Å². The van der Waals surface area contributed by atoms with Gasteiger partial charge in [-0.25, -0.2) is 26.5 Å². The number of hydrogen-bond donors (Lipinski definition) is 2. The normalized spacial score (nSPS) is 23.3. The molecular formula is C21H29F2N5O4S. The summed E-state index contributed by atoms with van der Waals surface area (Å²) in [4.78, 5) is 22.0. The summed E-state index contributed by atoms with van der Waals surface area (Å²) in [6.45, 7) is 0.789. The first kappa shape index (κ1) is 24.0. The van der Waals surface area contributed by atoms with Gasteiger partial charge < -0.3 is 10.4 Å². The van der Waals surface area contributed by atoms with Crippen molar-refractivity contribution >= 4 is 27.0 Å². The van der Waals surface area contributed by atoms with E-state index in [9.17, 15) is 27.1 Å². The summed E-state index contributed by atoms with van der Waals surface area (Å²) in [6, 6.07) is 1.06. The summed E-state index contributed by atoms with van der Waals surface area (Å²) in [5, 5.41) is 13.9. The van der Waals surface area contributed by atoms with Crippen LogP contribution in [0.4, 0.5) is 14.7 Å². The fraction of sp³-hybridized carbons (Fsp3) is 0.667. The van der Waals surface area contributed by atoms with Crippen LogP contribution in [0.1, 0.15) is 50.1 Å². The molecule has 0 amide bonds. The number of hydrogen-bond acceptors (Lipinski definition) is 7. The maximum Gasteiger partial charge on any atom is 0.255 e. The van der Waals surface area contributed by atoms with Gasteiger partial charge in [0.15, 0.2) is 0 Å². The number of nitrogens with zero attached hydrogens (tertiary/aromatic N) is 4. The molecular weight excluding hydrogens is 456 g/mol. The van der Waals surface area contributed by atoms with E-state index in [4.69, 9.17) is 0 Å². The Hall–Kier alpha value is -2.18. The molecule has 9 nitrogen and oxygen atoms in total. The first-order valence-electron chi connectivity index (χ1n) is 11.2. The van der Waals surface area contributed by atoms with Crippen molar-refractivity contribution in [3.63, 3.8) is 0 Å². The van der Waals surface area contributed by atoms with Crippen molar-refractivity contribution in [2.45, 2.75) is 69.6 Å². The lowest BCUT2D eigenvalue weighted by molar-refractivity contribution is 0.103. The molecule has 2 aromatic rings. The molecule has 2 N–H and O–H groups in total. The number of sulfonamides is 1. The van der Waals surface area contributed by atoms with Gasteiger partial charge in [0.2, 0.25) is 22.4 Å². The zero-order valence-electron chi connectivity index (χ0n) is 18.5. The number of piperidine rings is 1. The number of aliphatic hydroxyl groups excluding tert-OH is 1. The highest BCUT2D eigenvalue weighted by Gasteiger charge is 2.28. The van der Waals surface area contributed by atoms with Gasteiger partial charge in [0.1, 0.15) is 5.65 Å². The Labute approximate surface area is 190 Å². The van der Waals surface area contributed by atoms with E-state index in [-0.39, 0.29) is 17.6 Å². The summed E-state index contributed by atoms with van der Waals surface area (Å²) in [5.41, 5.74) is -0.147. The largest absolute Gasteiger partial charge is 0.393 e. The lowest BCUT2D eigenvalue weighted by Gasteiger charge is -2.31. The van der Waals surface area contributed by atoms with Gasteiger partial charge in [-0.15, -0.1) is 0 Å². The fourth-order valence-electron chi connectivity index (χ4n) is 4.79. The minimum Gasteiger partial charge on any atom is -0.393 e. The topological polar surface area (TPSA) is 117 Å². The SMILES string of the molecule is CS(=O)(=O)N1CCC(Nc2ncc3cc(CC(F)F)c(=O)n([C@@H]4CCC[C@@H](O)C4)c3n2)CC1. The van der Waals surface area contributed by atoms with E-state index in [0.717, 1.165) is 6.42 Å². The molecule has 0 bridgehead atoms. The fourth-order valence-corrected chi connectivity index (χ4v) is 5.66. The number of fused-ring (bicyclic) bond motifs is 1. The first-order valence-corrected chi connectivity index (χ1v) is 13.1. The molecule has 12 heteroatoms. The van der Waals surface area contributed by atoms with Crippen LogP contribution in [-0.2, 0) is 16.4 Å². The minimum atomic E-state index is -3.23. The first-order chi connectivity index (χ1) is 15.6. The van der Waals surface area contributed by atoms with Crippen molar-refractivity contribution in [3.05, 3.63) is 28.2 Å². The third kappa shape index (κ3) is 5.49. The molecule has 4 rings (SSSR count). The average Bonchev–Trinajstić information content (AvgIpc) is 2.74. The number of aromatic nitrogens is 3. The molecule has 1 saturated heterocycles. The predicted octanol–water partition coefficient (Wildman–Crippen LogP) is 1.91. The molecule has 1 aliphatic heterocycles. The van der Waals surface area contributed by atoms with Crippen LogP contribution < -0.4 is 10.9 Å². The summed E-state index contributed by atoms with van der Waals surface area (Å²) >= 11 is 0. The van der Waals surface area contributed by atoms with E-state index in [2.05, 4.69) is 15.3 Å². The van der Waals surface area contributed by atoms with E-state index in [0.29, 0.717) is 62.2 Å². The van der Waals surface area contributed by atoms with E-state index >= 15 is 0 Å². The number of anilines is 1. The average molecular weight is 486 g/mol. The molecule has 0 unspecified atom stereocenters. The van der Waals surface area contributed by atoms with Gasteiger partial charge in [0.05, 0.1) is 12.4 Å². The third-order valence-corrected chi connectivity index (χ3v) is 7.76. The van der Waals surface area contributed by atoms with E-state index in [1.54, 1.807) is 0 Å². The van der Waals surface area contributed by atoms with E-state index < -0.39 is 34.5 Å². The van der Waals surface area contributed by atoms with Crippen LogP contribution in [0.3, 0.4) is 0 Å². The summed E-state index contributed by atoms with van der Waals surface area (Å²) in [6.07, 6.45) is 2.42. The van der Waals surface area contributed by atoms with Crippen LogP contribution in [0.5, 0.6) is 0 Å². The maximum absolute atomic E-state index is 13.2. The van der Waals surface area contributed by atoms with Crippen molar-refractivity contribution < 1.29 is 22.3 Å². The van der Waals surface area contributed by atoms with Crippen LogP contribution in [0.25, 0.3) is 11.0 Å². The Morgan fingerprint density at radius 2 is 1.97 bits per heavy atom. The van der Waals surface area contributed by atoms with Crippen LogP contribution >= 0.6 is 0 Å². The zero-order chi connectivity index (χ0) is 23.8. The number of nitrogens with one attached hydrogen (secondary N) is 1. The van der Waals surface area contributed by atoms with Crippen LogP contribution in [-0.4, -0.2) is 70.3 Å². The second kappa shape index (κ2) is 9.59. The van der Waals surface area contributed by atoms with Gasteiger partial charge in [0.25, 0.3) is 5.56 Å². The number of rotatable bonds is 6. The summed E-state index contributed by atoms with van der Waals surface area (Å²) < 4.78 is 52.5. The molecule has 182 valence electrons. The molecule has 2 aliphatic rings. The van der Waals surface area contributed by atoms with Crippen LogP contribution in [0.15, 0.2) is 17.1 Å². The number of alkyl halides is 2. The van der Waals surface area contributed by atoms with Crippen molar-refractivity contribution in [3.8, 4) is 0 Å². The minimum absolute atomic E-state index is 0.00928. The van der Waals surface area contributed by atoms with Gasteiger partial charge in [-0.3, -0.25) is 9.36 Å². The van der Waals surface area contributed by atoms with Crippen molar-refractivity contribution in [2.24, 2.45) is 0 Å². The Balaban J connectivity index is 1.66. The highest BCUT2D eigenvalue weighted by molar-refractivity contribution is 7.88. The Bertz CT molecular complexity index is 1170. The highest BCUT2D eigenvalue weighted by atomic mass is 32.2. The van der Waals surface area contributed by atoms with Crippen molar-refractivity contribution in [1.82, 2.24) is 18.8 Å². The Morgan fingerprint density at radius 1 is 1.24 bits per heavy atom. The second-order valence-electron chi connectivity index (χ2n) is 8.97. The van der Waals surface area contributed by atoms with E-state index in [1.165, 1.54) is 27.4 Å². The number of pyridine rings is 1. The van der Waals surface area contributed by atoms with Gasteiger partial charge in [0, 0.05) is 48.7 Å². The number of aliphatic hydroxyl groups is 1. The highest BCUT2D eigenvalue weighted by Crippen LogP contribution is 2.30. The standard InChI is InChI=1S/C21H29F2N5O4S/c1-33(31,32)27-7-5-15(6-8-27)25-21-24-12-14-9-13(10-18(22)23)20(30)28(19(14)26-21)16-3-2-4-17(29)11-16/h9,12,15-18,29H,2-8,10-11H2,1H3,(H,24,25,26)/t16-,17-/m1/s1. The van der Waals surface area contributed by atoms with Crippen LogP contribution in [0, 0.1) is 0 Å². The summed E-state index contributed by atoms with van der Waals surface area (Å²) in [7, 11) is -3.23. The number of halogens is 2. The molecule has 2 aromatic heterocycles. The second-order valence-corrected chi connectivity index (χ2v) is 10.9. The molecule has 3 heterocycles. The molecule has 0 aromatic carbocycles. The molecule has 33 heavy (non-hydrogen) atoms. The lowest BCUT2D eigenvalue weighted by atomic mass is 9.92. The molecule has 0 radical (unpaired) electrons. The van der Waals surface area contributed by atoms with E-state index in [1.807, 2.05) is 0 Å². The molecule has 0 spiro atoms. The maximum atomic E-state index is 13.2. The molecule has 2 atom stereocenters. The quantitative estimate of drug-likeness (QED) is 0.642. The Kier molecular flexibility index (Phi) is 6.96. The molecule has 2 fully saturated rings. The summed E-state index contributed by atoms with van der Waals surface area (Å²) in [5.74, 6) is 0.298. The van der Waals surface area contributed by atoms with Crippen molar-refractivity contribution in [2.75, 3.05) is 24.7 Å². The lowest BCUT2D eigenvalue weighted by Crippen LogP contribution is -2.42. The Morgan fingerprint density at radius 3 is 2.61 bits per heavy atom. The van der Waals surface area contributed by atoms with Gasteiger partial charge in [-0.05, 0) is 44.6 Å². The molecule has 1 aliphatic carbocycles.